The smallest absolute Gasteiger partial charge is 0.257 e. The molecule has 0 unspecified atom stereocenters. The summed E-state index contributed by atoms with van der Waals surface area (Å²) in [5.41, 5.74) is 7.26. The first kappa shape index (κ1) is 14.9. The van der Waals surface area contributed by atoms with Crippen molar-refractivity contribution in [1.82, 2.24) is 0 Å². The summed E-state index contributed by atoms with van der Waals surface area (Å²) in [5.74, 6) is 0.0394. The number of nitrogen functional groups attached to an aromatic ring is 1. The third kappa shape index (κ3) is 2.98. The molecule has 0 aliphatic rings. The number of nitrogens with zero attached hydrogens (tertiary/aromatic N) is 1. The first-order valence-electron chi connectivity index (χ1n) is 6.01. The number of rotatable bonds is 3. The number of methoxy groups -OCH3 is 1. The van der Waals surface area contributed by atoms with E-state index in [4.69, 9.17) is 15.7 Å². The van der Waals surface area contributed by atoms with E-state index < -0.39 is 0 Å². The zero-order valence-electron chi connectivity index (χ0n) is 11.2. The van der Waals surface area contributed by atoms with E-state index in [1.54, 1.807) is 36.4 Å². The number of amides is 1. The average molecular weight is 346 g/mol. The molecule has 0 aliphatic heterocycles. The molecule has 2 rings (SSSR count). The molecule has 106 valence electrons. The van der Waals surface area contributed by atoms with Gasteiger partial charge in [0.25, 0.3) is 5.91 Å². The van der Waals surface area contributed by atoms with Gasteiger partial charge in [-0.05, 0) is 40.2 Å². The molecular formula is C15H12BrN3O2. The molecule has 5 nitrogen and oxygen atoms in total. The normalized spacial score (nSPS) is 9.76. The van der Waals surface area contributed by atoms with Crippen molar-refractivity contribution in [3.8, 4) is 11.8 Å². The minimum Gasteiger partial charge on any atom is -0.495 e. The Kier molecular flexibility index (Phi) is 4.45. The summed E-state index contributed by atoms with van der Waals surface area (Å²) in [7, 11) is 1.47. The summed E-state index contributed by atoms with van der Waals surface area (Å²) in [6, 6.07) is 12.0. The van der Waals surface area contributed by atoms with Gasteiger partial charge in [-0.25, -0.2) is 0 Å². The predicted molar refractivity (Wildman–Crippen MR) is 84.2 cm³/mol. The molecule has 0 aliphatic carbocycles. The molecule has 0 bridgehead atoms. The SMILES string of the molecule is COc1cccc(C#N)c1NC(=O)c1cccc(N)c1Br. The Labute approximate surface area is 130 Å². The molecule has 0 heterocycles. The van der Waals surface area contributed by atoms with Crippen molar-refractivity contribution >= 4 is 33.2 Å². The summed E-state index contributed by atoms with van der Waals surface area (Å²) in [6.07, 6.45) is 0. The van der Waals surface area contributed by atoms with Crippen LogP contribution in [0.1, 0.15) is 15.9 Å². The molecule has 6 heteroatoms. The van der Waals surface area contributed by atoms with E-state index in [1.807, 2.05) is 6.07 Å². The lowest BCUT2D eigenvalue weighted by molar-refractivity contribution is 0.102. The predicted octanol–water partition coefficient (Wildman–Crippen LogP) is 3.16. The number of ether oxygens (including phenoxy) is 1. The highest BCUT2D eigenvalue weighted by Crippen LogP contribution is 2.30. The Morgan fingerprint density at radius 2 is 2.05 bits per heavy atom. The summed E-state index contributed by atoms with van der Waals surface area (Å²) >= 11 is 3.28. The Bertz CT molecular complexity index is 738. The lowest BCUT2D eigenvalue weighted by Crippen LogP contribution is -2.15. The van der Waals surface area contributed by atoms with Gasteiger partial charge in [0, 0.05) is 5.69 Å². The maximum atomic E-state index is 12.4. The Hall–Kier alpha value is -2.52. The molecule has 2 aromatic carbocycles. The molecule has 1 amide bonds. The third-order valence-corrected chi connectivity index (χ3v) is 3.76. The highest BCUT2D eigenvalue weighted by Gasteiger charge is 2.16. The van der Waals surface area contributed by atoms with E-state index in [1.165, 1.54) is 7.11 Å². The highest BCUT2D eigenvalue weighted by atomic mass is 79.9. The van der Waals surface area contributed by atoms with Crippen molar-refractivity contribution in [2.24, 2.45) is 0 Å². The molecule has 0 radical (unpaired) electrons. The van der Waals surface area contributed by atoms with Gasteiger partial charge in [-0.3, -0.25) is 4.79 Å². The number of nitrogens with one attached hydrogen (secondary N) is 1. The van der Waals surface area contributed by atoms with Crippen molar-refractivity contribution < 1.29 is 9.53 Å². The topological polar surface area (TPSA) is 88.1 Å². The average Bonchev–Trinajstić information content (AvgIpc) is 2.50. The summed E-state index contributed by atoms with van der Waals surface area (Å²) in [5, 5.41) is 11.8. The second kappa shape index (κ2) is 6.29. The van der Waals surface area contributed by atoms with Crippen LogP contribution in [0.4, 0.5) is 11.4 Å². The minimum absolute atomic E-state index is 0.322. The largest absolute Gasteiger partial charge is 0.495 e. The number of carbonyl (C=O) groups excluding carboxylic acids is 1. The van der Waals surface area contributed by atoms with E-state index in [0.717, 1.165) is 0 Å². The Morgan fingerprint density at radius 3 is 2.71 bits per heavy atom. The van der Waals surface area contributed by atoms with E-state index in [-0.39, 0.29) is 5.91 Å². The van der Waals surface area contributed by atoms with Gasteiger partial charge < -0.3 is 15.8 Å². The zero-order chi connectivity index (χ0) is 15.4. The highest BCUT2D eigenvalue weighted by molar-refractivity contribution is 9.10. The second-order valence-electron chi connectivity index (χ2n) is 4.16. The molecule has 0 spiro atoms. The number of carbonyl (C=O) groups is 1. The van der Waals surface area contributed by atoms with Crippen molar-refractivity contribution in [3.05, 3.63) is 52.0 Å². The molecule has 21 heavy (non-hydrogen) atoms. The van der Waals surface area contributed by atoms with Gasteiger partial charge in [-0.1, -0.05) is 12.1 Å². The number of anilines is 2. The van der Waals surface area contributed by atoms with Gasteiger partial charge in [0.05, 0.1) is 22.7 Å². The first-order valence-corrected chi connectivity index (χ1v) is 6.80. The molecule has 0 fully saturated rings. The van der Waals surface area contributed by atoms with Gasteiger partial charge in [0.15, 0.2) is 0 Å². The van der Waals surface area contributed by atoms with Crippen molar-refractivity contribution in [2.45, 2.75) is 0 Å². The van der Waals surface area contributed by atoms with Gasteiger partial charge in [0.1, 0.15) is 17.5 Å². The van der Waals surface area contributed by atoms with Crippen molar-refractivity contribution in [1.29, 1.82) is 5.26 Å². The fraction of sp³-hybridized carbons (Fsp3) is 0.0667. The lowest BCUT2D eigenvalue weighted by Gasteiger charge is -2.12. The Morgan fingerprint density at radius 1 is 1.33 bits per heavy atom. The quantitative estimate of drug-likeness (QED) is 0.836. The number of para-hydroxylation sites is 1. The zero-order valence-corrected chi connectivity index (χ0v) is 12.8. The number of benzene rings is 2. The number of nitriles is 1. The van der Waals surface area contributed by atoms with Crippen LogP contribution in [0.15, 0.2) is 40.9 Å². The van der Waals surface area contributed by atoms with Crippen LogP contribution in [0.3, 0.4) is 0 Å². The van der Waals surface area contributed by atoms with Gasteiger partial charge in [0.2, 0.25) is 0 Å². The molecule has 0 saturated heterocycles. The molecule has 0 saturated carbocycles. The standard InChI is InChI=1S/C15H12BrN3O2/c1-21-12-7-2-4-9(8-17)14(12)19-15(20)10-5-3-6-11(18)13(10)16/h2-7H,18H2,1H3,(H,19,20). The van der Waals surface area contributed by atoms with E-state index in [0.29, 0.717) is 32.7 Å². The van der Waals surface area contributed by atoms with E-state index in [9.17, 15) is 4.79 Å². The number of hydrogen-bond donors (Lipinski definition) is 2. The lowest BCUT2D eigenvalue weighted by atomic mass is 10.1. The van der Waals surface area contributed by atoms with Crippen LogP contribution in [-0.2, 0) is 0 Å². The molecular weight excluding hydrogens is 334 g/mol. The van der Waals surface area contributed by atoms with Gasteiger partial charge in [-0.2, -0.15) is 5.26 Å². The van der Waals surface area contributed by atoms with Crippen LogP contribution in [0, 0.1) is 11.3 Å². The second-order valence-corrected chi connectivity index (χ2v) is 4.95. The summed E-state index contributed by atoms with van der Waals surface area (Å²) in [4.78, 5) is 12.4. The van der Waals surface area contributed by atoms with Crippen LogP contribution in [0.5, 0.6) is 5.75 Å². The Balaban J connectivity index is 2.41. The maximum absolute atomic E-state index is 12.4. The van der Waals surface area contributed by atoms with Gasteiger partial charge in [-0.15, -0.1) is 0 Å². The van der Waals surface area contributed by atoms with E-state index in [2.05, 4.69) is 21.2 Å². The van der Waals surface area contributed by atoms with Crippen LogP contribution >= 0.6 is 15.9 Å². The van der Waals surface area contributed by atoms with Crippen molar-refractivity contribution in [3.63, 3.8) is 0 Å². The molecule has 3 N–H and O–H groups in total. The van der Waals surface area contributed by atoms with Crippen LogP contribution in [0.25, 0.3) is 0 Å². The minimum atomic E-state index is -0.379. The van der Waals surface area contributed by atoms with Crippen LogP contribution in [-0.4, -0.2) is 13.0 Å². The van der Waals surface area contributed by atoms with Crippen LogP contribution in [0.2, 0.25) is 0 Å². The first-order chi connectivity index (χ1) is 10.1. The number of hydrogen-bond acceptors (Lipinski definition) is 4. The monoisotopic (exact) mass is 345 g/mol. The number of nitrogens with two attached hydrogens (primary N) is 1. The van der Waals surface area contributed by atoms with Gasteiger partial charge >= 0.3 is 0 Å². The molecule has 0 atom stereocenters. The third-order valence-electron chi connectivity index (χ3n) is 2.88. The molecule has 0 aromatic heterocycles. The number of halogens is 1. The summed E-state index contributed by atoms with van der Waals surface area (Å²) in [6.45, 7) is 0. The van der Waals surface area contributed by atoms with Crippen molar-refractivity contribution in [2.75, 3.05) is 18.2 Å². The molecule has 2 aromatic rings. The summed E-state index contributed by atoms with van der Waals surface area (Å²) < 4.78 is 5.69. The fourth-order valence-corrected chi connectivity index (χ4v) is 2.27. The maximum Gasteiger partial charge on any atom is 0.257 e. The fourth-order valence-electron chi connectivity index (χ4n) is 1.83. The van der Waals surface area contributed by atoms with Crippen LogP contribution < -0.4 is 15.8 Å². The van der Waals surface area contributed by atoms with E-state index >= 15 is 0 Å².